The number of aliphatic hydroxyl groups excluding tert-OH is 2. The number of carbonyl (C=O) groups excluding carboxylic acids is 1. The third kappa shape index (κ3) is 4.01. The SMILES string of the molecule is CC(=O)O[C@@H]1[C@H](O)[C@@H](OCc2ccccc2)O[C@H](C)[C@H]1O. The lowest BCUT2D eigenvalue weighted by Gasteiger charge is -2.40. The Morgan fingerprint density at radius 2 is 1.90 bits per heavy atom. The molecule has 1 aromatic rings. The van der Waals surface area contributed by atoms with Crippen molar-refractivity contribution in [1.82, 2.24) is 0 Å². The molecule has 0 unspecified atom stereocenters. The van der Waals surface area contributed by atoms with Gasteiger partial charge in [-0.2, -0.15) is 0 Å². The smallest absolute Gasteiger partial charge is 0.303 e. The van der Waals surface area contributed by atoms with Crippen LogP contribution in [0.4, 0.5) is 0 Å². The van der Waals surface area contributed by atoms with Gasteiger partial charge in [0.05, 0.1) is 12.7 Å². The van der Waals surface area contributed by atoms with Gasteiger partial charge in [0.1, 0.15) is 12.2 Å². The molecule has 1 aromatic carbocycles. The van der Waals surface area contributed by atoms with E-state index >= 15 is 0 Å². The maximum absolute atomic E-state index is 11.1. The van der Waals surface area contributed by atoms with Crippen molar-refractivity contribution in [2.45, 2.75) is 51.2 Å². The molecule has 116 valence electrons. The fourth-order valence-electron chi connectivity index (χ4n) is 2.22. The van der Waals surface area contributed by atoms with E-state index in [1.54, 1.807) is 6.92 Å². The molecule has 1 saturated heterocycles. The first-order valence-electron chi connectivity index (χ1n) is 6.83. The first-order valence-corrected chi connectivity index (χ1v) is 6.83. The summed E-state index contributed by atoms with van der Waals surface area (Å²) in [5.41, 5.74) is 0.927. The van der Waals surface area contributed by atoms with Gasteiger partial charge in [-0.05, 0) is 12.5 Å². The molecule has 0 aromatic heterocycles. The number of rotatable bonds is 4. The first-order chi connectivity index (χ1) is 9.99. The van der Waals surface area contributed by atoms with Crippen LogP contribution in [0.3, 0.4) is 0 Å². The minimum Gasteiger partial charge on any atom is -0.457 e. The van der Waals surface area contributed by atoms with Crippen LogP contribution in [0.5, 0.6) is 0 Å². The summed E-state index contributed by atoms with van der Waals surface area (Å²) in [4.78, 5) is 11.1. The van der Waals surface area contributed by atoms with Crippen LogP contribution in [0.1, 0.15) is 19.4 Å². The third-order valence-corrected chi connectivity index (χ3v) is 3.34. The van der Waals surface area contributed by atoms with Gasteiger partial charge in [-0.1, -0.05) is 30.3 Å². The summed E-state index contributed by atoms with van der Waals surface area (Å²) >= 11 is 0. The lowest BCUT2D eigenvalue weighted by molar-refractivity contribution is -0.298. The predicted octanol–water partition coefficient (Wildman–Crippen LogP) is 0.601. The van der Waals surface area contributed by atoms with Gasteiger partial charge in [0.15, 0.2) is 12.4 Å². The van der Waals surface area contributed by atoms with Gasteiger partial charge in [-0.3, -0.25) is 4.79 Å². The molecule has 0 radical (unpaired) electrons. The van der Waals surface area contributed by atoms with Gasteiger partial charge < -0.3 is 24.4 Å². The summed E-state index contributed by atoms with van der Waals surface area (Å²) in [6, 6.07) is 9.43. The van der Waals surface area contributed by atoms with E-state index in [4.69, 9.17) is 14.2 Å². The average Bonchev–Trinajstić information content (AvgIpc) is 2.47. The quantitative estimate of drug-likeness (QED) is 0.792. The number of hydrogen-bond acceptors (Lipinski definition) is 6. The number of benzene rings is 1. The van der Waals surface area contributed by atoms with E-state index in [1.807, 2.05) is 30.3 Å². The van der Waals surface area contributed by atoms with Crippen molar-refractivity contribution in [3.05, 3.63) is 35.9 Å². The molecule has 1 heterocycles. The van der Waals surface area contributed by atoms with E-state index in [2.05, 4.69) is 0 Å². The maximum atomic E-state index is 11.1. The number of hydrogen-bond donors (Lipinski definition) is 2. The highest BCUT2D eigenvalue weighted by atomic mass is 16.7. The average molecular weight is 296 g/mol. The van der Waals surface area contributed by atoms with Crippen LogP contribution in [-0.4, -0.2) is 46.9 Å². The largest absolute Gasteiger partial charge is 0.457 e. The van der Waals surface area contributed by atoms with Gasteiger partial charge >= 0.3 is 5.97 Å². The van der Waals surface area contributed by atoms with Crippen molar-refractivity contribution in [3.8, 4) is 0 Å². The Labute approximate surface area is 123 Å². The van der Waals surface area contributed by atoms with E-state index in [0.29, 0.717) is 0 Å². The van der Waals surface area contributed by atoms with Crippen LogP contribution in [0.25, 0.3) is 0 Å². The van der Waals surface area contributed by atoms with E-state index in [0.717, 1.165) is 5.56 Å². The van der Waals surface area contributed by atoms with Crippen molar-refractivity contribution in [2.75, 3.05) is 0 Å². The van der Waals surface area contributed by atoms with E-state index in [1.165, 1.54) is 6.92 Å². The monoisotopic (exact) mass is 296 g/mol. The molecule has 2 rings (SSSR count). The molecule has 0 saturated carbocycles. The second-order valence-corrected chi connectivity index (χ2v) is 5.06. The third-order valence-electron chi connectivity index (χ3n) is 3.34. The zero-order valence-corrected chi connectivity index (χ0v) is 12.0. The molecule has 0 bridgehead atoms. The Balaban J connectivity index is 2.00. The number of carbonyl (C=O) groups is 1. The Morgan fingerprint density at radius 3 is 2.52 bits per heavy atom. The highest BCUT2D eigenvalue weighted by molar-refractivity contribution is 5.66. The Hall–Kier alpha value is -1.47. The summed E-state index contributed by atoms with van der Waals surface area (Å²) in [5, 5.41) is 20.1. The van der Waals surface area contributed by atoms with E-state index in [9.17, 15) is 15.0 Å². The predicted molar refractivity (Wildman–Crippen MR) is 73.1 cm³/mol. The van der Waals surface area contributed by atoms with E-state index < -0.39 is 36.7 Å². The minimum atomic E-state index is -1.25. The van der Waals surface area contributed by atoms with Crippen LogP contribution in [-0.2, 0) is 25.6 Å². The van der Waals surface area contributed by atoms with Crippen LogP contribution in [0.15, 0.2) is 30.3 Å². The number of ether oxygens (including phenoxy) is 3. The zero-order valence-electron chi connectivity index (χ0n) is 12.0. The molecule has 1 aliphatic heterocycles. The van der Waals surface area contributed by atoms with Crippen LogP contribution in [0.2, 0.25) is 0 Å². The molecule has 5 atom stereocenters. The second kappa shape index (κ2) is 7.00. The normalized spacial score (nSPS) is 32.7. The highest BCUT2D eigenvalue weighted by Crippen LogP contribution is 2.25. The van der Waals surface area contributed by atoms with E-state index in [-0.39, 0.29) is 6.61 Å². The lowest BCUT2D eigenvalue weighted by atomic mass is 9.99. The molecule has 0 amide bonds. The summed E-state index contributed by atoms with van der Waals surface area (Å²) in [6.07, 6.45) is -4.98. The van der Waals surface area contributed by atoms with Crippen molar-refractivity contribution in [3.63, 3.8) is 0 Å². The van der Waals surface area contributed by atoms with Crippen molar-refractivity contribution in [1.29, 1.82) is 0 Å². The lowest BCUT2D eigenvalue weighted by Crippen LogP contribution is -2.58. The Kier molecular flexibility index (Phi) is 5.30. The van der Waals surface area contributed by atoms with Crippen molar-refractivity contribution < 1.29 is 29.2 Å². The van der Waals surface area contributed by atoms with Gasteiger partial charge in [0.25, 0.3) is 0 Å². The van der Waals surface area contributed by atoms with Gasteiger partial charge in [-0.15, -0.1) is 0 Å². The molecule has 1 aliphatic rings. The summed E-state index contributed by atoms with van der Waals surface area (Å²) < 4.78 is 15.9. The fourth-order valence-corrected chi connectivity index (χ4v) is 2.22. The molecule has 0 spiro atoms. The maximum Gasteiger partial charge on any atom is 0.303 e. The van der Waals surface area contributed by atoms with Crippen molar-refractivity contribution in [2.24, 2.45) is 0 Å². The first kappa shape index (κ1) is 15.9. The van der Waals surface area contributed by atoms with Gasteiger partial charge in [-0.25, -0.2) is 0 Å². The molecule has 6 nitrogen and oxygen atoms in total. The summed E-state index contributed by atoms with van der Waals surface area (Å²) in [5.74, 6) is -0.575. The summed E-state index contributed by atoms with van der Waals surface area (Å²) in [7, 11) is 0. The molecule has 1 fully saturated rings. The molecule has 2 N–H and O–H groups in total. The van der Waals surface area contributed by atoms with Gasteiger partial charge in [0.2, 0.25) is 0 Å². The molecule has 0 aliphatic carbocycles. The zero-order chi connectivity index (χ0) is 15.4. The summed E-state index contributed by atoms with van der Waals surface area (Å²) in [6.45, 7) is 3.10. The number of esters is 1. The van der Waals surface area contributed by atoms with Crippen LogP contribution in [0, 0.1) is 0 Å². The fraction of sp³-hybridized carbons (Fsp3) is 0.533. The molecule has 21 heavy (non-hydrogen) atoms. The van der Waals surface area contributed by atoms with Gasteiger partial charge in [0, 0.05) is 6.92 Å². The minimum absolute atomic E-state index is 0.248. The molecular weight excluding hydrogens is 276 g/mol. The topological polar surface area (TPSA) is 85.2 Å². The standard InChI is InChI=1S/C15H20O6/c1-9-12(17)14(21-10(2)16)13(18)15(20-9)19-8-11-6-4-3-5-7-11/h3-7,9,12-15,17-18H,8H2,1-2H3/t9-,12-,13+,14+,15+/m1/s1. The Morgan fingerprint density at radius 1 is 1.24 bits per heavy atom. The highest BCUT2D eigenvalue weighted by Gasteiger charge is 2.45. The molecule has 6 heteroatoms. The van der Waals surface area contributed by atoms with Crippen molar-refractivity contribution >= 4 is 5.97 Å². The Bertz CT molecular complexity index is 462. The van der Waals surface area contributed by atoms with Crippen LogP contribution < -0.4 is 0 Å². The number of aliphatic hydroxyl groups is 2. The van der Waals surface area contributed by atoms with Crippen LogP contribution >= 0.6 is 0 Å². The second-order valence-electron chi connectivity index (χ2n) is 5.06. The molecular formula is C15H20O6.